The highest BCUT2D eigenvalue weighted by molar-refractivity contribution is 5.77. The molecule has 0 bridgehead atoms. The fourth-order valence-electron chi connectivity index (χ4n) is 2.39. The lowest BCUT2D eigenvalue weighted by Crippen LogP contribution is -2.32. The van der Waals surface area contributed by atoms with Gasteiger partial charge in [0.2, 0.25) is 5.91 Å². The molecule has 2 atom stereocenters. The Morgan fingerprint density at radius 3 is 2.75 bits per heavy atom. The van der Waals surface area contributed by atoms with Crippen LogP contribution in [0.2, 0.25) is 0 Å². The molecule has 1 fully saturated rings. The zero-order valence-corrected chi connectivity index (χ0v) is 9.36. The second-order valence-electron chi connectivity index (χ2n) is 4.45. The highest BCUT2D eigenvalue weighted by atomic mass is 16.1. The number of benzene rings is 1. The SMILES string of the molecule is NC(=O)C(Cc1ccccc1)C1CCNC1. The summed E-state index contributed by atoms with van der Waals surface area (Å²) in [7, 11) is 0. The number of nitrogens with one attached hydrogen (secondary N) is 1. The molecule has 86 valence electrons. The molecule has 2 rings (SSSR count). The van der Waals surface area contributed by atoms with Crippen molar-refractivity contribution in [3.8, 4) is 0 Å². The molecular formula is C13H18N2O. The Kier molecular flexibility index (Phi) is 3.57. The molecule has 1 heterocycles. The Hall–Kier alpha value is -1.35. The van der Waals surface area contributed by atoms with Gasteiger partial charge in [-0.1, -0.05) is 30.3 Å². The lowest BCUT2D eigenvalue weighted by molar-refractivity contribution is -0.123. The molecule has 0 saturated carbocycles. The molecule has 1 aromatic rings. The van der Waals surface area contributed by atoms with Crippen LogP contribution in [-0.4, -0.2) is 19.0 Å². The minimum atomic E-state index is -0.169. The Balaban J connectivity index is 2.05. The average molecular weight is 218 g/mol. The van der Waals surface area contributed by atoms with E-state index in [1.165, 1.54) is 5.56 Å². The minimum Gasteiger partial charge on any atom is -0.369 e. The van der Waals surface area contributed by atoms with Gasteiger partial charge in [0, 0.05) is 5.92 Å². The van der Waals surface area contributed by atoms with Crippen molar-refractivity contribution in [3.05, 3.63) is 35.9 Å². The van der Waals surface area contributed by atoms with E-state index in [0.29, 0.717) is 5.92 Å². The van der Waals surface area contributed by atoms with Crippen molar-refractivity contribution in [2.24, 2.45) is 17.6 Å². The van der Waals surface area contributed by atoms with E-state index >= 15 is 0 Å². The van der Waals surface area contributed by atoms with Crippen molar-refractivity contribution in [1.82, 2.24) is 5.32 Å². The normalized spacial score (nSPS) is 21.9. The molecule has 0 spiro atoms. The summed E-state index contributed by atoms with van der Waals surface area (Å²) >= 11 is 0. The minimum absolute atomic E-state index is 0.0302. The van der Waals surface area contributed by atoms with Crippen LogP contribution in [0.3, 0.4) is 0 Å². The second kappa shape index (κ2) is 5.12. The van der Waals surface area contributed by atoms with Crippen molar-refractivity contribution in [2.75, 3.05) is 13.1 Å². The van der Waals surface area contributed by atoms with Crippen molar-refractivity contribution >= 4 is 5.91 Å². The van der Waals surface area contributed by atoms with Crippen LogP contribution in [0.15, 0.2) is 30.3 Å². The predicted molar refractivity (Wildman–Crippen MR) is 63.8 cm³/mol. The molecule has 1 amide bonds. The Morgan fingerprint density at radius 2 is 2.19 bits per heavy atom. The van der Waals surface area contributed by atoms with Gasteiger partial charge in [-0.15, -0.1) is 0 Å². The summed E-state index contributed by atoms with van der Waals surface area (Å²) in [5.74, 6) is 0.202. The standard InChI is InChI=1S/C13H18N2O/c14-13(16)12(11-6-7-15-9-11)8-10-4-2-1-3-5-10/h1-5,11-12,15H,6-9H2,(H2,14,16). The predicted octanol–water partition coefficient (Wildman–Crippen LogP) is 0.940. The van der Waals surface area contributed by atoms with Crippen molar-refractivity contribution < 1.29 is 4.79 Å². The van der Waals surface area contributed by atoms with E-state index in [9.17, 15) is 4.79 Å². The van der Waals surface area contributed by atoms with Crippen LogP contribution in [0.4, 0.5) is 0 Å². The van der Waals surface area contributed by atoms with E-state index in [1.807, 2.05) is 18.2 Å². The summed E-state index contributed by atoms with van der Waals surface area (Å²) in [5, 5.41) is 3.29. The van der Waals surface area contributed by atoms with Crippen LogP contribution in [0.1, 0.15) is 12.0 Å². The molecule has 0 aliphatic carbocycles. The summed E-state index contributed by atoms with van der Waals surface area (Å²) in [4.78, 5) is 11.5. The van der Waals surface area contributed by atoms with Gasteiger partial charge in [-0.05, 0) is 37.4 Å². The molecule has 0 radical (unpaired) electrons. The van der Waals surface area contributed by atoms with E-state index < -0.39 is 0 Å². The number of hydrogen-bond acceptors (Lipinski definition) is 2. The zero-order chi connectivity index (χ0) is 11.4. The van der Waals surface area contributed by atoms with Crippen LogP contribution in [0.5, 0.6) is 0 Å². The first kappa shape index (κ1) is 11.1. The summed E-state index contributed by atoms with van der Waals surface area (Å²) in [6.45, 7) is 1.92. The van der Waals surface area contributed by atoms with Gasteiger partial charge in [0.05, 0.1) is 0 Å². The highest BCUT2D eigenvalue weighted by Crippen LogP contribution is 2.22. The van der Waals surface area contributed by atoms with E-state index in [-0.39, 0.29) is 11.8 Å². The van der Waals surface area contributed by atoms with Crippen LogP contribution >= 0.6 is 0 Å². The maximum absolute atomic E-state index is 11.5. The van der Waals surface area contributed by atoms with E-state index in [1.54, 1.807) is 0 Å². The number of carbonyl (C=O) groups is 1. The third-order valence-corrected chi connectivity index (χ3v) is 3.33. The lowest BCUT2D eigenvalue weighted by Gasteiger charge is -2.19. The summed E-state index contributed by atoms with van der Waals surface area (Å²) in [6.07, 6.45) is 1.82. The summed E-state index contributed by atoms with van der Waals surface area (Å²) < 4.78 is 0. The molecule has 1 aliphatic heterocycles. The molecule has 16 heavy (non-hydrogen) atoms. The fraction of sp³-hybridized carbons (Fsp3) is 0.462. The molecule has 0 aromatic heterocycles. The first-order valence-corrected chi connectivity index (χ1v) is 5.81. The van der Waals surface area contributed by atoms with Gasteiger partial charge < -0.3 is 11.1 Å². The zero-order valence-electron chi connectivity index (χ0n) is 9.36. The summed E-state index contributed by atoms with van der Waals surface area (Å²) in [5.41, 5.74) is 6.69. The second-order valence-corrected chi connectivity index (χ2v) is 4.45. The molecule has 3 heteroatoms. The van der Waals surface area contributed by atoms with Gasteiger partial charge in [0.15, 0.2) is 0 Å². The van der Waals surface area contributed by atoms with Crippen LogP contribution in [-0.2, 0) is 11.2 Å². The Bertz CT molecular complexity index is 344. The maximum Gasteiger partial charge on any atom is 0.221 e. The third kappa shape index (κ3) is 2.61. The van der Waals surface area contributed by atoms with Gasteiger partial charge in [-0.2, -0.15) is 0 Å². The number of carbonyl (C=O) groups excluding carboxylic acids is 1. The molecular weight excluding hydrogens is 200 g/mol. The van der Waals surface area contributed by atoms with Crippen molar-refractivity contribution in [2.45, 2.75) is 12.8 Å². The quantitative estimate of drug-likeness (QED) is 0.790. The number of amides is 1. The van der Waals surface area contributed by atoms with Crippen LogP contribution in [0.25, 0.3) is 0 Å². The first-order valence-electron chi connectivity index (χ1n) is 5.81. The number of rotatable bonds is 4. The molecule has 2 unspecified atom stereocenters. The number of nitrogens with two attached hydrogens (primary N) is 1. The van der Waals surface area contributed by atoms with Crippen LogP contribution in [0, 0.1) is 11.8 Å². The Morgan fingerprint density at radius 1 is 1.44 bits per heavy atom. The smallest absolute Gasteiger partial charge is 0.221 e. The van der Waals surface area contributed by atoms with Crippen molar-refractivity contribution in [3.63, 3.8) is 0 Å². The van der Waals surface area contributed by atoms with E-state index in [0.717, 1.165) is 25.9 Å². The molecule has 1 saturated heterocycles. The van der Waals surface area contributed by atoms with Gasteiger partial charge >= 0.3 is 0 Å². The number of hydrogen-bond donors (Lipinski definition) is 2. The van der Waals surface area contributed by atoms with Crippen molar-refractivity contribution in [1.29, 1.82) is 0 Å². The highest BCUT2D eigenvalue weighted by Gasteiger charge is 2.28. The Labute approximate surface area is 96.0 Å². The average Bonchev–Trinajstić information content (AvgIpc) is 2.80. The molecule has 1 aliphatic rings. The topological polar surface area (TPSA) is 55.1 Å². The van der Waals surface area contributed by atoms with E-state index in [2.05, 4.69) is 17.4 Å². The van der Waals surface area contributed by atoms with Crippen LogP contribution < -0.4 is 11.1 Å². The summed E-state index contributed by atoms with van der Waals surface area (Å²) in [6, 6.07) is 10.1. The molecule has 3 nitrogen and oxygen atoms in total. The maximum atomic E-state index is 11.5. The van der Waals surface area contributed by atoms with Gasteiger partial charge in [0.25, 0.3) is 0 Å². The number of primary amides is 1. The molecule has 3 N–H and O–H groups in total. The van der Waals surface area contributed by atoms with E-state index in [4.69, 9.17) is 5.73 Å². The van der Waals surface area contributed by atoms with Gasteiger partial charge in [-0.3, -0.25) is 4.79 Å². The molecule has 1 aromatic carbocycles. The monoisotopic (exact) mass is 218 g/mol. The first-order chi connectivity index (χ1) is 7.77. The largest absolute Gasteiger partial charge is 0.369 e. The lowest BCUT2D eigenvalue weighted by atomic mass is 9.85. The van der Waals surface area contributed by atoms with Gasteiger partial charge in [-0.25, -0.2) is 0 Å². The fourth-order valence-corrected chi connectivity index (χ4v) is 2.39. The van der Waals surface area contributed by atoms with Gasteiger partial charge in [0.1, 0.15) is 0 Å². The third-order valence-electron chi connectivity index (χ3n) is 3.33.